The molecule has 23 heteroatoms. The summed E-state index contributed by atoms with van der Waals surface area (Å²) in [6.45, 7) is -0.994. The van der Waals surface area contributed by atoms with Crippen LogP contribution in [0.1, 0.15) is 35.2 Å². The number of aliphatic carboxylic acids is 2. The Morgan fingerprint density at radius 2 is 1.28 bits per heavy atom. The lowest BCUT2D eigenvalue weighted by atomic mass is 10.0. The van der Waals surface area contributed by atoms with Gasteiger partial charge in [-0.05, 0) is 23.8 Å². The van der Waals surface area contributed by atoms with Crippen molar-refractivity contribution in [2.24, 2.45) is 11.5 Å². The molecule has 4 atom stereocenters. The normalized spacial score (nSPS) is 12.8. The van der Waals surface area contributed by atoms with Crippen molar-refractivity contribution in [3.05, 3.63) is 63.7 Å². The van der Waals surface area contributed by atoms with Crippen LogP contribution in [0.3, 0.4) is 0 Å². The summed E-state index contributed by atoms with van der Waals surface area (Å²) in [7, 11) is 0. The minimum Gasteiger partial charge on any atom is -0.502 e. The molecule has 284 valence electrons. The highest BCUT2D eigenvalue weighted by Crippen LogP contribution is 2.26. The van der Waals surface area contributed by atoms with Crippen LogP contribution in [0.4, 0.5) is 11.4 Å². The van der Waals surface area contributed by atoms with Gasteiger partial charge in [-0.2, -0.15) is 0 Å². The van der Waals surface area contributed by atoms with E-state index in [2.05, 4.69) is 16.0 Å². The van der Waals surface area contributed by atoms with Crippen LogP contribution in [0.5, 0.6) is 5.75 Å². The van der Waals surface area contributed by atoms with Crippen molar-refractivity contribution in [3.8, 4) is 5.75 Å². The van der Waals surface area contributed by atoms with Gasteiger partial charge in [0.05, 0.1) is 36.3 Å². The number of carbonyl (C=O) groups excluding carboxylic acids is 7. The molecule has 0 aromatic heterocycles. The molecule has 0 spiro atoms. The highest BCUT2D eigenvalue weighted by Gasteiger charge is 2.32. The number of para-hydroxylation sites is 1. The topological polar surface area (TPSA) is 396 Å². The van der Waals surface area contributed by atoms with Crippen LogP contribution in [-0.4, -0.2) is 104 Å². The number of anilines is 1. The second kappa shape index (κ2) is 19.2. The summed E-state index contributed by atoms with van der Waals surface area (Å²) in [5.41, 5.74) is 15.5. The summed E-state index contributed by atoms with van der Waals surface area (Å²) in [5, 5.41) is 49.8. The van der Waals surface area contributed by atoms with E-state index in [-0.39, 0.29) is 16.8 Å². The fourth-order valence-electron chi connectivity index (χ4n) is 4.50. The van der Waals surface area contributed by atoms with Crippen molar-refractivity contribution < 1.29 is 63.4 Å². The number of phenols is 1. The number of phenolic OH excluding ortho intramolecular Hbond substituents is 1. The molecule has 2 aromatic carbocycles. The molecule has 0 bridgehead atoms. The number of nitrogens with one attached hydrogen (secondary N) is 5. The van der Waals surface area contributed by atoms with Crippen LogP contribution in [0, 0.1) is 10.1 Å². The van der Waals surface area contributed by atoms with Gasteiger partial charge in [0.15, 0.2) is 5.75 Å². The van der Waals surface area contributed by atoms with Gasteiger partial charge in [0, 0.05) is 18.2 Å². The van der Waals surface area contributed by atoms with E-state index in [1.54, 1.807) is 0 Å². The standard InChI is InChI=1S/C30H35N9O14/c31-15-4-2-1-3-14(15)27(48)37-19(11-25(45)46)30(51)38-18(10-24(43)44)28(49)34-12-23(42)35-17(9-22(32)41)29(50)36-16(26(33)47)7-13-5-6-21(40)20(8-13)39(52)53/h1-6,8,16-19,40H,7,9-12,31H2,(H2,32,41)(H2,33,47)(H,34,49)(H,35,42)(H,36,50)(H,37,48)(H,38,51)(H,43,44)(H,45,46)/t16-,17-,18-,19-/m0/s1. The lowest BCUT2D eigenvalue weighted by molar-refractivity contribution is -0.385. The van der Waals surface area contributed by atoms with Gasteiger partial charge in [0.1, 0.15) is 24.2 Å². The zero-order valence-corrected chi connectivity index (χ0v) is 27.4. The molecule has 0 heterocycles. The van der Waals surface area contributed by atoms with Gasteiger partial charge in [-0.1, -0.05) is 18.2 Å². The average molecular weight is 746 g/mol. The van der Waals surface area contributed by atoms with Crippen molar-refractivity contribution in [3.63, 3.8) is 0 Å². The molecule has 0 aliphatic heterocycles. The summed E-state index contributed by atoms with van der Waals surface area (Å²) < 4.78 is 0. The number of carboxylic acids is 2. The SMILES string of the molecule is NC(=O)C[C@H](NC(=O)CNC(=O)[C@H](CC(=O)O)NC(=O)[C@H](CC(=O)O)NC(=O)c1ccccc1N)C(=O)N[C@@H](Cc1ccc(O)c([N+](=O)[O-])c1)C(N)=O. The molecule has 2 rings (SSSR count). The largest absolute Gasteiger partial charge is 0.502 e. The number of benzene rings is 2. The van der Waals surface area contributed by atoms with E-state index in [1.165, 1.54) is 30.3 Å². The van der Waals surface area contributed by atoms with E-state index >= 15 is 0 Å². The molecular weight excluding hydrogens is 710 g/mol. The maximum absolute atomic E-state index is 13.0. The number of rotatable bonds is 20. The Morgan fingerprint density at radius 3 is 1.81 bits per heavy atom. The predicted molar refractivity (Wildman–Crippen MR) is 177 cm³/mol. The zero-order valence-electron chi connectivity index (χ0n) is 27.4. The summed E-state index contributed by atoms with van der Waals surface area (Å²) in [6.07, 6.45) is -3.35. The summed E-state index contributed by atoms with van der Waals surface area (Å²) in [6, 6.07) is 1.61. The zero-order chi connectivity index (χ0) is 40.0. The number of nitro groups is 1. The molecule has 53 heavy (non-hydrogen) atoms. The lowest BCUT2D eigenvalue weighted by Crippen LogP contribution is -2.57. The first-order valence-corrected chi connectivity index (χ1v) is 15.1. The third-order valence-corrected chi connectivity index (χ3v) is 7.03. The van der Waals surface area contributed by atoms with Crippen LogP contribution >= 0.6 is 0 Å². The predicted octanol–water partition coefficient (Wildman–Crippen LogP) is -3.90. The quantitative estimate of drug-likeness (QED) is 0.0351. The van der Waals surface area contributed by atoms with E-state index in [9.17, 15) is 68.6 Å². The molecule has 2 aromatic rings. The fourth-order valence-corrected chi connectivity index (χ4v) is 4.50. The fraction of sp³-hybridized carbons (Fsp3) is 0.300. The molecule has 0 saturated heterocycles. The van der Waals surface area contributed by atoms with Gasteiger partial charge in [0.25, 0.3) is 5.91 Å². The van der Waals surface area contributed by atoms with Gasteiger partial charge >= 0.3 is 17.6 Å². The Bertz CT molecular complexity index is 1800. The van der Waals surface area contributed by atoms with Gasteiger partial charge in [-0.15, -0.1) is 0 Å². The maximum atomic E-state index is 13.0. The Hall–Kier alpha value is -7.33. The molecule has 0 saturated carbocycles. The van der Waals surface area contributed by atoms with Crippen LogP contribution < -0.4 is 43.8 Å². The highest BCUT2D eigenvalue weighted by atomic mass is 16.6. The second-order valence-electron chi connectivity index (χ2n) is 11.1. The van der Waals surface area contributed by atoms with Gasteiger partial charge in [-0.25, -0.2) is 0 Å². The molecule has 0 aliphatic carbocycles. The van der Waals surface area contributed by atoms with Gasteiger partial charge < -0.3 is 59.1 Å². The third-order valence-electron chi connectivity index (χ3n) is 7.03. The number of nitro benzene ring substituents is 1. The Labute approximate surface area is 297 Å². The van der Waals surface area contributed by atoms with Crippen molar-refractivity contribution in [2.75, 3.05) is 12.3 Å². The number of carbonyl (C=O) groups is 9. The number of nitrogens with zero attached hydrogens (tertiary/aromatic N) is 1. The number of hydrogen-bond donors (Lipinski definition) is 11. The van der Waals surface area contributed by atoms with E-state index in [1.807, 2.05) is 10.6 Å². The Balaban J connectivity index is 2.13. The van der Waals surface area contributed by atoms with Crippen LogP contribution in [-0.2, 0) is 44.8 Å². The summed E-state index contributed by atoms with van der Waals surface area (Å²) in [5.74, 6) is -12.0. The Kier molecular flexibility index (Phi) is 15.1. The van der Waals surface area contributed by atoms with Crippen LogP contribution in [0.15, 0.2) is 42.5 Å². The van der Waals surface area contributed by atoms with E-state index < -0.39 is 126 Å². The number of nitrogen functional groups attached to an aromatic ring is 1. The summed E-state index contributed by atoms with van der Waals surface area (Å²) in [4.78, 5) is 121. The van der Waals surface area contributed by atoms with Gasteiger partial charge in [0.2, 0.25) is 35.4 Å². The van der Waals surface area contributed by atoms with Gasteiger partial charge in [-0.3, -0.25) is 53.3 Å². The highest BCUT2D eigenvalue weighted by molar-refractivity contribution is 6.03. The Morgan fingerprint density at radius 1 is 0.736 bits per heavy atom. The maximum Gasteiger partial charge on any atom is 0.310 e. The number of aromatic hydroxyl groups is 1. The van der Waals surface area contributed by atoms with Crippen LogP contribution in [0.25, 0.3) is 0 Å². The van der Waals surface area contributed by atoms with E-state index in [0.29, 0.717) is 0 Å². The van der Waals surface area contributed by atoms with E-state index in [0.717, 1.165) is 12.1 Å². The molecule has 0 radical (unpaired) electrons. The third kappa shape index (κ3) is 13.5. The van der Waals surface area contributed by atoms with Crippen molar-refractivity contribution in [1.82, 2.24) is 26.6 Å². The minimum atomic E-state index is -1.93. The average Bonchev–Trinajstić information content (AvgIpc) is 3.06. The van der Waals surface area contributed by atoms with Crippen molar-refractivity contribution in [1.29, 1.82) is 0 Å². The molecular formula is C30H35N9O14. The van der Waals surface area contributed by atoms with Crippen molar-refractivity contribution >= 4 is 64.7 Å². The first kappa shape index (κ1) is 41.8. The number of carboxylic acid groups (broad SMARTS) is 2. The number of hydrogen-bond acceptors (Lipinski definition) is 13. The minimum absolute atomic E-state index is 0.00787. The van der Waals surface area contributed by atoms with E-state index in [4.69, 9.17) is 17.2 Å². The lowest BCUT2D eigenvalue weighted by Gasteiger charge is -2.23. The monoisotopic (exact) mass is 745 g/mol. The smallest absolute Gasteiger partial charge is 0.310 e. The molecule has 14 N–H and O–H groups in total. The molecule has 0 fully saturated rings. The van der Waals surface area contributed by atoms with Crippen LogP contribution in [0.2, 0.25) is 0 Å². The molecule has 0 unspecified atom stereocenters. The molecule has 23 nitrogen and oxygen atoms in total. The number of amides is 7. The molecule has 0 aliphatic rings. The summed E-state index contributed by atoms with van der Waals surface area (Å²) >= 11 is 0. The first-order valence-electron chi connectivity index (χ1n) is 15.1. The second-order valence-corrected chi connectivity index (χ2v) is 11.1. The first-order chi connectivity index (χ1) is 24.8. The molecule has 7 amide bonds. The number of primary amides is 2. The van der Waals surface area contributed by atoms with Crippen molar-refractivity contribution in [2.45, 2.75) is 49.9 Å². The number of nitrogens with two attached hydrogens (primary N) is 3.